The maximum atomic E-state index is 4.40. The molecular weight excluding hydrogens is 226 g/mol. The third kappa shape index (κ3) is 2.31. The summed E-state index contributed by atoms with van der Waals surface area (Å²) in [4.78, 5) is 4.40. The molecule has 0 bridgehead atoms. The van der Waals surface area contributed by atoms with Crippen molar-refractivity contribution in [1.29, 1.82) is 0 Å². The van der Waals surface area contributed by atoms with Crippen LogP contribution in [0.4, 0.5) is 5.82 Å². The molecule has 5 heteroatoms. The molecule has 2 aromatic heterocycles. The van der Waals surface area contributed by atoms with Crippen molar-refractivity contribution in [2.45, 2.75) is 32.2 Å². The first-order valence-corrected chi connectivity index (χ1v) is 6.61. The molecule has 0 amide bonds. The Morgan fingerprint density at radius 2 is 2.44 bits per heavy atom. The van der Waals surface area contributed by atoms with Gasteiger partial charge in [0.15, 0.2) is 5.82 Å². The molecular formula is C13H19N5. The van der Waals surface area contributed by atoms with Crippen LogP contribution in [0.2, 0.25) is 0 Å². The maximum absolute atomic E-state index is 4.40. The minimum Gasteiger partial charge on any atom is -0.367 e. The maximum Gasteiger partial charge on any atom is 0.152 e. The minimum atomic E-state index is 0.560. The Balaban J connectivity index is 1.73. The molecule has 1 unspecified atom stereocenters. The number of piperidine rings is 1. The first-order valence-electron chi connectivity index (χ1n) is 6.61. The highest BCUT2D eigenvalue weighted by Crippen LogP contribution is 2.15. The Bertz CT molecular complexity index is 527. The van der Waals surface area contributed by atoms with E-state index in [1.54, 1.807) is 6.20 Å². The third-order valence-corrected chi connectivity index (χ3v) is 3.44. The van der Waals surface area contributed by atoms with E-state index in [9.17, 15) is 0 Å². The van der Waals surface area contributed by atoms with Gasteiger partial charge in [-0.2, -0.15) is 5.10 Å². The number of fused-ring (bicyclic) bond motifs is 1. The summed E-state index contributed by atoms with van der Waals surface area (Å²) in [7, 11) is 0. The first-order chi connectivity index (χ1) is 8.83. The lowest BCUT2D eigenvalue weighted by Gasteiger charge is -2.23. The molecule has 1 atom stereocenters. The molecule has 1 aliphatic heterocycles. The fourth-order valence-electron chi connectivity index (χ4n) is 2.50. The Morgan fingerprint density at radius 1 is 1.50 bits per heavy atom. The van der Waals surface area contributed by atoms with Crippen LogP contribution in [0, 0.1) is 6.92 Å². The summed E-state index contributed by atoms with van der Waals surface area (Å²) in [5, 5.41) is 11.4. The van der Waals surface area contributed by atoms with Crippen molar-refractivity contribution >= 4 is 11.3 Å². The van der Waals surface area contributed by atoms with Crippen LogP contribution in [0.3, 0.4) is 0 Å². The van der Waals surface area contributed by atoms with E-state index in [0.29, 0.717) is 6.04 Å². The summed E-state index contributed by atoms with van der Waals surface area (Å²) >= 11 is 0. The summed E-state index contributed by atoms with van der Waals surface area (Å²) in [5.41, 5.74) is 2.06. The van der Waals surface area contributed by atoms with Gasteiger partial charge < -0.3 is 10.6 Å². The second-order valence-corrected chi connectivity index (χ2v) is 4.92. The van der Waals surface area contributed by atoms with Crippen LogP contribution in [-0.4, -0.2) is 33.7 Å². The van der Waals surface area contributed by atoms with E-state index >= 15 is 0 Å². The van der Waals surface area contributed by atoms with Crippen molar-refractivity contribution in [3.8, 4) is 0 Å². The van der Waals surface area contributed by atoms with Gasteiger partial charge in [0.2, 0.25) is 0 Å². The van der Waals surface area contributed by atoms with Crippen LogP contribution in [0.15, 0.2) is 18.5 Å². The second-order valence-electron chi connectivity index (χ2n) is 4.92. The van der Waals surface area contributed by atoms with Crippen molar-refractivity contribution < 1.29 is 0 Å². The Kier molecular flexibility index (Phi) is 3.15. The van der Waals surface area contributed by atoms with Crippen molar-refractivity contribution in [1.82, 2.24) is 19.9 Å². The normalized spacial score (nSPS) is 20.2. The highest BCUT2D eigenvalue weighted by molar-refractivity contribution is 5.67. The van der Waals surface area contributed by atoms with Crippen molar-refractivity contribution in [2.24, 2.45) is 0 Å². The summed E-state index contributed by atoms with van der Waals surface area (Å²) in [6, 6.07) is 2.62. The van der Waals surface area contributed by atoms with E-state index in [1.165, 1.54) is 19.3 Å². The smallest absolute Gasteiger partial charge is 0.152 e. The van der Waals surface area contributed by atoms with Crippen LogP contribution < -0.4 is 10.6 Å². The Labute approximate surface area is 107 Å². The van der Waals surface area contributed by atoms with E-state index in [-0.39, 0.29) is 0 Å². The number of aryl methyl sites for hydroxylation is 1. The SMILES string of the molecule is Cc1cc2c(NCC3CCCCN3)nccn2n1. The molecule has 3 heterocycles. The van der Waals surface area contributed by atoms with E-state index in [2.05, 4.69) is 26.8 Å². The molecule has 0 spiro atoms. The summed E-state index contributed by atoms with van der Waals surface area (Å²) in [6.07, 6.45) is 7.53. The molecule has 0 aromatic carbocycles. The van der Waals surface area contributed by atoms with Gasteiger partial charge in [0.25, 0.3) is 0 Å². The lowest BCUT2D eigenvalue weighted by Crippen LogP contribution is -2.39. The van der Waals surface area contributed by atoms with E-state index in [4.69, 9.17) is 0 Å². The lowest BCUT2D eigenvalue weighted by atomic mass is 10.1. The zero-order chi connectivity index (χ0) is 12.4. The fraction of sp³-hybridized carbons (Fsp3) is 0.538. The average Bonchev–Trinajstić information content (AvgIpc) is 2.78. The minimum absolute atomic E-state index is 0.560. The van der Waals surface area contributed by atoms with Crippen molar-refractivity contribution in [3.63, 3.8) is 0 Å². The van der Waals surface area contributed by atoms with Gasteiger partial charge in [0, 0.05) is 25.0 Å². The Morgan fingerprint density at radius 3 is 3.28 bits per heavy atom. The van der Waals surface area contributed by atoms with Gasteiger partial charge in [0.05, 0.1) is 5.69 Å². The molecule has 5 nitrogen and oxygen atoms in total. The highest BCUT2D eigenvalue weighted by Gasteiger charge is 2.13. The molecule has 18 heavy (non-hydrogen) atoms. The summed E-state index contributed by atoms with van der Waals surface area (Å²) in [5.74, 6) is 0.922. The lowest BCUT2D eigenvalue weighted by molar-refractivity contribution is 0.414. The number of nitrogens with one attached hydrogen (secondary N) is 2. The fourth-order valence-corrected chi connectivity index (χ4v) is 2.50. The number of aromatic nitrogens is 3. The Hall–Kier alpha value is -1.62. The monoisotopic (exact) mass is 245 g/mol. The average molecular weight is 245 g/mol. The zero-order valence-corrected chi connectivity index (χ0v) is 10.7. The van der Waals surface area contributed by atoms with Gasteiger partial charge in [0.1, 0.15) is 5.52 Å². The van der Waals surface area contributed by atoms with Gasteiger partial charge in [-0.1, -0.05) is 6.42 Å². The summed E-state index contributed by atoms with van der Waals surface area (Å²) in [6.45, 7) is 4.06. The highest BCUT2D eigenvalue weighted by atomic mass is 15.2. The van der Waals surface area contributed by atoms with Gasteiger partial charge in [-0.05, 0) is 32.4 Å². The van der Waals surface area contributed by atoms with Crippen molar-refractivity contribution in [3.05, 3.63) is 24.2 Å². The molecule has 1 saturated heterocycles. The molecule has 0 saturated carbocycles. The van der Waals surface area contributed by atoms with Crippen LogP contribution in [0.25, 0.3) is 5.52 Å². The molecule has 3 rings (SSSR count). The molecule has 0 aliphatic carbocycles. The predicted molar refractivity (Wildman–Crippen MR) is 71.9 cm³/mol. The van der Waals surface area contributed by atoms with Crippen molar-refractivity contribution in [2.75, 3.05) is 18.4 Å². The van der Waals surface area contributed by atoms with Crippen LogP contribution >= 0.6 is 0 Å². The zero-order valence-electron chi connectivity index (χ0n) is 10.7. The molecule has 1 fully saturated rings. The quantitative estimate of drug-likeness (QED) is 0.862. The molecule has 2 N–H and O–H groups in total. The van der Waals surface area contributed by atoms with Gasteiger partial charge in [-0.15, -0.1) is 0 Å². The third-order valence-electron chi connectivity index (χ3n) is 3.44. The topological polar surface area (TPSA) is 54.2 Å². The van der Waals surface area contributed by atoms with E-state index in [1.807, 2.05) is 17.6 Å². The van der Waals surface area contributed by atoms with E-state index < -0.39 is 0 Å². The van der Waals surface area contributed by atoms with Gasteiger partial charge in [-0.25, -0.2) is 9.50 Å². The molecule has 2 aromatic rings. The molecule has 1 aliphatic rings. The standard InChI is InChI=1S/C13H19N5/c1-10-8-12-13(15-6-7-18(12)17-10)16-9-11-4-2-3-5-14-11/h6-8,11,14H,2-5,9H2,1H3,(H,15,16). The summed E-state index contributed by atoms with van der Waals surface area (Å²) < 4.78 is 1.87. The predicted octanol–water partition coefficient (Wildman–Crippen LogP) is 1.59. The van der Waals surface area contributed by atoms with Crippen LogP contribution in [0.1, 0.15) is 25.0 Å². The van der Waals surface area contributed by atoms with E-state index in [0.717, 1.165) is 30.1 Å². The molecule has 0 radical (unpaired) electrons. The number of rotatable bonds is 3. The molecule has 96 valence electrons. The van der Waals surface area contributed by atoms with Crippen LogP contribution in [0.5, 0.6) is 0 Å². The number of anilines is 1. The number of nitrogens with zero attached hydrogens (tertiary/aromatic N) is 3. The number of hydrogen-bond acceptors (Lipinski definition) is 4. The van der Waals surface area contributed by atoms with Gasteiger partial charge >= 0.3 is 0 Å². The van der Waals surface area contributed by atoms with Crippen LogP contribution in [-0.2, 0) is 0 Å². The largest absolute Gasteiger partial charge is 0.367 e. The van der Waals surface area contributed by atoms with Gasteiger partial charge in [-0.3, -0.25) is 0 Å². The first kappa shape index (κ1) is 11.5. The number of hydrogen-bond donors (Lipinski definition) is 2. The second kappa shape index (κ2) is 4.94.